The summed E-state index contributed by atoms with van der Waals surface area (Å²) < 4.78 is 0. The minimum atomic E-state index is -1.04. The summed E-state index contributed by atoms with van der Waals surface area (Å²) in [6, 6.07) is 7.01. The lowest BCUT2D eigenvalue weighted by Crippen LogP contribution is -2.42. The van der Waals surface area contributed by atoms with Gasteiger partial charge in [-0.15, -0.1) is 0 Å². The summed E-state index contributed by atoms with van der Waals surface area (Å²) in [5.74, 6) is -1.04. The van der Waals surface area contributed by atoms with Crippen LogP contribution in [-0.2, 0) is 11.2 Å². The lowest BCUT2D eigenvalue weighted by Gasteiger charge is -2.25. The third-order valence-electron chi connectivity index (χ3n) is 2.54. The van der Waals surface area contributed by atoms with Gasteiger partial charge in [0, 0.05) is 19.8 Å². The van der Waals surface area contributed by atoms with Crippen molar-refractivity contribution in [3.05, 3.63) is 29.8 Å². The van der Waals surface area contributed by atoms with E-state index >= 15 is 0 Å². The van der Waals surface area contributed by atoms with E-state index in [1.165, 1.54) is 9.80 Å². The van der Waals surface area contributed by atoms with Crippen LogP contribution in [0.1, 0.15) is 12.5 Å². The van der Waals surface area contributed by atoms with Crippen LogP contribution in [-0.4, -0.2) is 42.6 Å². The molecule has 5 nitrogen and oxygen atoms in total. The van der Waals surface area contributed by atoms with Crippen LogP contribution in [0.3, 0.4) is 0 Å². The van der Waals surface area contributed by atoms with E-state index in [0.29, 0.717) is 5.69 Å². The molecule has 5 heteroatoms. The Morgan fingerprint density at radius 2 is 1.94 bits per heavy atom. The summed E-state index contributed by atoms with van der Waals surface area (Å²) in [5, 5.41) is 8.89. The van der Waals surface area contributed by atoms with Crippen molar-refractivity contribution in [3.63, 3.8) is 0 Å². The number of hydrogen-bond acceptors (Lipinski definition) is 2. The summed E-state index contributed by atoms with van der Waals surface area (Å²) in [6.07, 6.45) is 0.838. The molecule has 0 atom stereocenters. The molecule has 0 radical (unpaired) electrons. The molecule has 0 aromatic heterocycles. The summed E-state index contributed by atoms with van der Waals surface area (Å²) in [6.45, 7) is 1.67. The third kappa shape index (κ3) is 3.48. The molecule has 0 aliphatic carbocycles. The van der Waals surface area contributed by atoms with Crippen LogP contribution in [0.15, 0.2) is 24.3 Å². The smallest absolute Gasteiger partial charge is 0.324 e. The zero-order valence-corrected chi connectivity index (χ0v) is 10.9. The largest absolute Gasteiger partial charge is 0.480 e. The molecule has 0 aliphatic heterocycles. The molecular weight excluding hydrogens is 232 g/mol. The van der Waals surface area contributed by atoms with Crippen molar-refractivity contribution < 1.29 is 14.7 Å². The molecule has 1 rings (SSSR count). The topological polar surface area (TPSA) is 60.9 Å². The summed E-state index contributed by atoms with van der Waals surface area (Å²) in [5.41, 5.74) is 1.67. The summed E-state index contributed by atoms with van der Waals surface area (Å²) in [4.78, 5) is 25.4. The number of amides is 2. The molecule has 0 spiro atoms. The predicted molar refractivity (Wildman–Crippen MR) is 69.9 cm³/mol. The first-order chi connectivity index (χ1) is 8.45. The second-order valence-corrected chi connectivity index (χ2v) is 4.18. The SMILES string of the molecule is CCc1cccc(N(CC(=O)O)C(=O)N(C)C)c1. The van der Waals surface area contributed by atoms with E-state index < -0.39 is 5.97 Å². The number of carboxylic acids is 1. The van der Waals surface area contributed by atoms with E-state index in [4.69, 9.17) is 5.11 Å². The second kappa shape index (κ2) is 6.05. The van der Waals surface area contributed by atoms with Gasteiger partial charge in [0.1, 0.15) is 6.54 Å². The van der Waals surface area contributed by atoms with Crippen molar-refractivity contribution in [2.24, 2.45) is 0 Å². The number of carbonyl (C=O) groups is 2. The number of carbonyl (C=O) groups excluding carboxylic acids is 1. The van der Waals surface area contributed by atoms with Crippen LogP contribution in [0.5, 0.6) is 0 Å². The number of aliphatic carboxylic acids is 1. The molecule has 1 N–H and O–H groups in total. The fourth-order valence-electron chi connectivity index (χ4n) is 1.59. The van der Waals surface area contributed by atoms with Crippen molar-refractivity contribution in [1.29, 1.82) is 0 Å². The first-order valence-corrected chi connectivity index (χ1v) is 5.75. The van der Waals surface area contributed by atoms with E-state index in [1.54, 1.807) is 20.2 Å². The maximum atomic E-state index is 12.0. The van der Waals surface area contributed by atoms with Crippen LogP contribution >= 0.6 is 0 Å². The molecule has 2 amide bonds. The van der Waals surface area contributed by atoms with Gasteiger partial charge in [-0.25, -0.2) is 4.79 Å². The van der Waals surface area contributed by atoms with Gasteiger partial charge in [-0.1, -0.05) is 19.1 Å². The Kier molecular flexibility index (Phi) is 4.71. The molecule has 1 aromatic carbocycles. The number of carboxylic acid groups (broad SMARTS) is 1. The quantitative estimate of drug-likeness (QED) is 0.886. The highest BCUT2D eigenvalue weighted by Crippen LogP contribution is 2.17. The normalized spacial score (nSPS) is 9.94. The van der Waals surface area contributed by atoms with Gasteiger partial charge < -0.3 is 10.0 Å². The first kappa shape index (κ1) is 14.0. The fraction of sp³-hybridized carbons (Fsp3) is 0.385. The zero-order chi connectivity index (χ0) is 13.7. The van der Waals surface area contributed by atoms with Crippen LogP contribution in [0.2, 0.25) is 0 Å². The standard InChI is InChI=1S/C13H18N2O3/c1-4-10-6-5-7-11(8-10)15(9-12(16)17)13(18)14(2)3/h5-8H,4,9H2,1-3H3,(H,16,17). The molecule has 18 heavy (non-hydrogen) atoms. The molecule has 0 saturated carbocycles. The van der Waals surface area contributed by atoms with Crippen LogP contribution in [0, 0.1) is 0 Å². The third-order valence-corrected chi connectivity index (χ3v) is 2.54. The monoisotopic (exact) mass is 250 g/mol. The van der Waals surface area contributed by atoms with Gasteiger partial charge in [0.2, 0.25) is 0 Å². The molecule has 0 heterocycles. The Bertz CT molecular complexity index is 444. The molecule has 0 bridgehead atoms. The van der Waals surface area contributed by atoms with Gasteiger partial charge in [-0.05, 0) is 24.1 Å². The molecule has 0 aliphatic rings. The highest BCUT2D eigenvalue weighted by atomic mass is 16.4. The first-order valence-electron chi connectivity index (χ1n) is 5.75. The minimum absolute atomic E-state index is 0.342. The Balaban J connectivity index is 3.08. The van der Waals surface area contributed by atoms with Crippen molar-refractivity contribution in [3.8, 4) is 0 Å². The van der Waals surface area contributed by atoms with Gasteiger partial charge in [0.25, 0.3) is 0 Å². The zero-order valence-electron chi connectivity index (χ0n) is 10.9. The molecule has 1 aromatic rings. The Morgan fingerprint density at radius 3 is 2.44 bits per heavy atom. The fourth-order valence-corrected chi connectivity index (χ4v) is 1.59. The average Bonchev–Trinajstić information content (AvgIpc) is 2.34. The number of aryl methyl sites for hydroxylation is 1. The summed E-state index contributed by atoms with van der Waals surface area (Å²) in [7, 11) is 3.20. The number of nitrogens with zero attached hydrogens (tertiary/aromatic N) is 2. The van der Waals surface area contributed by atoms with Crippen molar-refractivity contribution in [2.45, 2.75) is 13.3 Å². The second-order valence-electron chi connectivity index (χ2n) is 4.18. The molecule has 0 unspecified atom stereocenters. The van der Waals surface area contributed by atoms with Crippen LogP contribution in [0.4, 0.5) is 10.5 Å². The lowest BCUT2D eigenvalue weighted by molar-refractivity contribution is -0.135. The Hall–Kier alpha value is -2.04. The van der Waals surface area contributed by atoms with Gasteiger partial charge >= 0.3 is 12.0 Å². The molecule has 0 fully saturated rings. The Labute approximate surface area is 107 Å². The van der Waals surface area contributed by atoms with Crippen LogP contribution in [0.25, 0.3) is 0 Å². The van der Waals surface area contributed by atoms with Crippen molar-refractivity contribution >= 4 is 17.7 Å². The van der Waals surface area contributed by atoms with Gasteiger partial charge in [0.15, 0.2) is 0 Å². The van der Waals surface area contributed by atoms with E-state index in [-0.39, 0.29) is 12.6 Å². The van der Waals surface area contributed by atoms with E-state index in [2.05, 4.69) is 0 Å². The van der Waals surface area contributed by atoms with E-state index in [0.717, 1.165) is 12.0 Å². The molecule has 0 saturated heterocycles. The number of urea groups is 1. The van der Waals surface area contributed by atoms with Gasteiger partial charge in [0.05, 0.1) is 0 Å². The maximum Gasteiger partial charge on any atom is 0.324 e. The van der Waals surface area contributed by atoms with Gasteiger partial charge in [-0.3, -0.25) is 9.69 Å². The van der Waals surface area contributed by atoms with E-state index in [9.17, 15) is 9.59 Å². The predicted octanol–water partition coefficient (Wildman–Crippen LogP) is 1.82. The van der Waals surface area contributed by atoms with Crippen LogP contribution < -0.4 is 4.90 Å². The maximum absolute atomic E-state index is 12.0. The number of anilines is 1. The number of benzene rings is 1. The Morgan fingerprint density at radius 1 is 1.28 bits per heavy atom. The lowest BCUT2D eigenvalue weighted by atomic mass is 10.1. The van der Waals surface area contributed by atoms with E-state index in [1.807, 2.05) is 25.1 Å². The van der Waals surface area contributed by atoms with Crippen molar-refractivity contribution in [2.75, 3.05) is 25.5 Å². The van der Waals surface area contributed by atoms with Crippen molar-refractivity contribution in [1.82, 2.24) is 4.90 Å². The highest BCUT2D eigenvalue weighted by Gasteiger charge is 2.20. The molecular formula is C13H18N2O3. The molecule has 98 valence electrons. The van der Waals surface area contributed by atoms with Gasteiger partial charge in [-0.2, -0.15) is 0 Å². The minimum Gasteiger partial charge on any atom is -0.480 e. The number of hydrogen-bond donors (Lipinski definition) is 1. The summed E-state index contributed by atoms with van der Waals surface area (Å²) >= 11 is 0. The highest BCUT2D eigenvalue weighted by molar-refractivity contribution is 5.96. The number of rotatable bonds is 4. The average molecular weight is 250 g/mol.